The van der Waals surface area contributed by atoms with Crippen LogP contribution in [0.4, 0.5) is 0 Å². The van der Waals surface area contributed by atoms with Crippen molar-refractivity contribution < 1.29 is 4.74 Å². The van der Waals surface area contributed by atoms with Gasteiger partial charge in [-0.2, -0.15) is 0 Å². The Morgan fingerprint density at radius 3 is 2.65 bits per heavy atom. The van der Waals surface area contributed by atoms with Crippen molar-refractivity contribution in [3.8, 4) is 0 Å². The number of nitrogens with two attached hydrogens (primary N) is 1. The minimum absolute atomic E-state index is 0.191. The molecule has 0 saturated carbocycles. The van der Waals surface area contributed by atoms with E-state index in [1.165, 1.54) is 0 Å². The van der Waals surface area contributed by atoms with E-state index in [0.29, 0.717) is 18.6 Å². The molecule has 0 bridgehead atoms. The summed E-state index contributed by atoms with van der Waals surface area (Å²) in [5.74, 6) is 0.493. The van der Waals surface area contributed by atoms with Gasteiger partial charge in [0, 0.05) is 25.7 Å². The Morgan fingerprint density at radius 1 is 1.47 bits per heavy atom. The van der Waals surface area contributed by atoms with E-state index in [2.05, 4.69) is 36.1 Å². The van der Waals surface area contributed by atoms with Crippen LogP contribution >= 0.6 is 0 Å². The molecule has 2 unspecified atom stereocenters. The van der Waals surface area contributed by atoms with E-state index in [1.807, 2.05) is 6.92 Å². The van der Waals surface area contributed by atoms with Crippen molar-refractivity contribution in [1.29, 1.82) is 0 Å². The fourth-order valence-electron chi connectivity index (χ4n) is 1.45. The van der Waals surface area contributed by atoms with E-state index in [9.17, 15) is 0 Å². The van der Waals surface area contributed by atoms with E-state index in [4.69, 9.17) is 10.5 Å². The second-order valence-corrected chi connectivity index (χ2v) is 4.51. The quantitative estimate of drug-likeness (QED) is 0.486. The van der Waals surface area contributed by atoms with Gasteiger partial charge in [-0.3, -0.25) is 4.99 Å². The van der Waals surface area contributed by atoms with Gasteiger partial charge in [-0.25, -0.2) is 0 Å². The van der Waals surface area contributed by atoms with E-state index in [1.54, 1.807) is 7.11 Å². The molecule has 0 spiro atoms. The second-order valence-electron chi connectivity index (χ2n) is 4.51. The number of aliphatic imine (C=N–C) groups is 1. The number of likely N-dealkylation sites (N-methyl/N-ethyl adjacent to an activating group) is 1. The van der Waals surface area contributed by atoms with Gasteiger partial charge in [0.25, 0.3) is 0 Å². The number of rotatable bonds is 8. The van der Waals surface area contributed by atoms with Crippen molar-refractivity contribution in [2.24, 2.45) is 10.7 Å². The topological polar surface area (TPSA) is 62.9 Å². The zero-order valence-electron chi connectivity index (χ0n) is 11.9. The Kier molecular flexibility index (Phi) is 8.80. The van der Waals surface area contributed by atoms with Gasteiger partial charge in [0.05, 0.1) is 13.2 Å². The molecular weight excluding hydrogens is 216 g/mol. The lowest BCUT2D eigenvalue weighted by atomic mass is 10.2. The van der Waals surface area contributed by atoms with Gasteiger partial charge in [-0.15, -0.1) is 0 Å². The summed E-state index contributed by atoms with van der Waals surface area (Å²) in [5.41, 5.74) is 5.76. The molecule has 0 aliphatic rings. The van der Waals surface area contributed by atoms with Crippen LogP contribution in [0.25, 0.3) is 0 Å². The third-order valence-corrected chi connectivity index (χ3v) is 2.89. The smallest absolute Gasteiger partial charge is 0.188 e. The maximum Gasteiger partial charge on any atom is 0.188 e. The molecule has 0 rings (SSSR count). The first-order chi connectivity index (χ1) is 8.01. The molecule has 0 aromatic carbocycles. The fourth-order valence-corrected chi connectivity index (χ4v) is 1.45. The van der Waals surface area contributed by atoms with Gasteiger partial charge in [-0.05, 0) is 27.3 Å². The molecule has 0 aliphatic carbocycles. The van der Waals surface area contributed by atoms with Crippen molar-refractivity contribution in [2.75, 3.05) is 33.9 Å². The summed E-state index contributed by atoms with van der Waals surface area (Å²) in [7, 11) is 3.79. The highest BCUT2D eigenvalue weighted by Crippen LogP contribution is 1.98. The van der Waals surface area contributed by atoms with E-state index >= 15 is 0 Å². The largest absolute Gasteiger partial charge is 0.383 e. The van der Waals surface area contributed by atoms with Gasteiger partial charge in [0.2, 0.25) is 0 Å². The minimum Gasteiger partial charge on any atom is -0.383 e. The van der Waals surface area contributed by atoms with Crippen LogP contribution in [0.2, 0.25) is 0 Å². The summed E-state index contributed by atoms with van der Waals surface area (Å²) in [6.45, 7) is 8.69. The molecule has 17 heavy (non-hydrogen) atoms. The monoisotopic (exact) mass is 244 g/mol. The molecule has 0 aromatic rings. The predicted molar refractivity (Wildman–Crippen MR) is 73.3 cm³/mol. The third kappa shape index (κ3) is 7.99. The lowest BCUT2D eigenvalue weighted by molar-refractivity contribution is 0.179. The number of guanidine groups is 1. The van der Waals surface area contributed by atoms with Crippen LogP contribution in [-0.4, -0.2) is 56.8 Å². The van der Waals surface area contributed by atoms with Crippen LogP contribution in [0.5, 0.6) is 0 Å². The molecule has 0 aliphatic heterocycles. The Hall–Kier alpha value is -0.810. The van der Waals surface area contributed by atoms with Crippen molar-refractivity contribution in [2.45, 2.75) is 39.3 Å². The summed E-state index contributed by atoms with van der Waals surface area (Å²) >= 11 is 0. The number of nitrogens with one attached hydrogen (secondary N) is 1. The van der Waals surface area contributed by atoms with Crippen LogP contribution < -0.4 is 11.1 Å². The summed E-state index contributed by atoms with van der Waals surface area (Å²) in [6.07, 6.45) is 1.15. The number of ether oxygens (including phenoxy) is 1. The number of methoxy groups -OCH3 is 1. The van der Waals surface area contributed by atoms with Gasteiger partial charge in [0.15, 0.2) is 5.96 Å². The molecule has 0 aromatic heterocycles. The summed E-state index contributed by atoms with van der Waals surface area (Å²) in [4.78, 5) is 6.58. The van der Waals surface area contributed by atoms with Crippen molar-refractivity contribution in [3.63, 3.8) is 0 Å². The van der Waals surface area contributed by atoms with Crippen LogP contribution in [0.3, 0.4) is 0 Å². The lowest BCUT2D eigenvalue weighted by Crippen LogP contribution is -2.41. The van der Waals surface area contributed by atoms with Crippen LogP contribution in [0, 0.1) is 0 Å². The molecule has 5 nitrogen and oxygen atoms in total. The molecule has 0 amide bonds. The normalized spacial score (nSPS) is 16.0. The first-order valence-corrected chi connectivity index (χ1v) is 6.26. The standard InChI is InChI=1S/C12H28N4O/c1-6-11(3)16(4)8-7-14-12(13)15-10(2)9-17-5/h10-11H,6-9H2,1-5H3,(H3,13,14,15). The second kappa shape index (κ2) is 9.24. The molecular formula is C12H28N4O. The van der Waals surface area contributed by atoms with Crippen LogP contribution in [0.1, 0.15) is 27.2 Å². The first kappa shape index (κ1) is 16.2. The highest BCUT2D eigenvalue weighted by molar-refractivity contribution is 5.78. The molecule has 2 atom stereocenters. The third-order valence-electron chi connectivity index (χ3n) is 2.89. The maximum atomic E-state index is 5.76. The number of hydrogen-bond acceptors (Lipinski definition) is 3. The molecule has 0 fully saturated rings. The Morgan fingerprint density at radius 2 is 2.12 bits per heavy atom. The Labute approximate surface area is 105 Å². The molecule has 3 N–H and O–H groups in total. The van der Waals surface area contributed by atoms with Crippen molar-refractivity contribution in [1.82, 2.24) is 10.2 Å². The van der Waals surface area contributed by atoms with Gasteiger partial charge < -0.3 is 20.7 Å². The minimum atomic E-state index is 0.191. The van der Waals surface area contributed by atoms with E-state index in [-0.39, 0.29) is 6.04 Å². The van der Waals surface area contributed by atoms with Gasteiger partial charge in [-0.1, -0.05) is 6.92 Å². The molecule has 0 radical (unpaired) electrons. The van der Waals surface area contributed by atoms with Crippen molar-refractivity contribution >= 4 is 5.96 Å². The zero-order valence-corrected chi connectivity index (χ0v) is 11.9. The lowest BCUT2D eigenvalue weighted by Gasteiger charge is -2.22. The zero-order chi connectivity index (χ0) is 13.3. The summed E-state index contributed by atoms with van der Waals surface area (Å²) in [5, 5.41) is 3.08. The molecule has 0 saturated heterocycles. The van der Waals surface area contributed by atoms with Gasteiger partial charge >= 0.3 is 0 Å². The first-order valence-electron chi connectivity index (χ1n) is 6.26. The Balaban J connectivity index is 3.83. The SMILES string of the molecule is CCC(C)N(C)CCN=C(N)NC(C)COC. The summed E-state index contributed by atoms with van der Waals surface area (Å²) in [6, 6.07) is 0.780. The van der Waals surface area contributed by atoms with Gasteiger partial charge in [0.1, 0.15) is 0 Å². The molecule has 0 heterocycles. The average Bonchev–Trinajstić information content (AvgIpc) is 2.27. The maximum absolute atomic E-state index is 5.76. The van der Waals surface area contributed by atoms with Crippen molar-refractivity contribution in [3.05, 3.63) is 0 Å². The average molecular weight is 244 g/mol. The number of nitrogens with zero attached hydrogens (tertiary/aromatic N) is 2. The van der Waals surface area contributed by atoms with Crippen LogP contribution in [-0.2, 0) is 4.74 Å². The highest BCUT2D eigenvalue weighted by atomic mass is 16.5. The fraction of sp³-hybridized carbons (Fsp3) is 0.917. The van der Waals surface area contributed by atoms with E-state index in [0.717, 1.165) is 19.5 Å². The molecule has 102 valence electrons. The summed E-state index contributed by atoms with van der Waals surface area (Å²) < 4.78 is 5.01. The predicted octanol–water partition coefficient (Wildman–Crippen LogP) is 0.656. The van der Waals surface area contributed by atoms with Crippen LogP contribution in [0.15, 0.2) is 4.99 Å². The highest BCUT2D eigenvalue weighted by Gasteiger charge is 2.05. The number of hydrogen-bond donors (Lipinski definition) is 2. The van der Waals surface area contributed by atoms with E-state index < -0.39 is 0 Å². The molecule has 5 heteroatoms. The Bertz CT molecular complexity index is 221.